The molecule has 6 aromatic carbocycles. The Balaban J connectivity index is 1.37. The van der Waals surface area contributed by atoms with Gasteiger partial charge in [0.1, 0.15) is 17.7 Å². The Morgan fingerprint density at radius 3 is 1.98 bits per heavy atom. The monoisotopic (exact) mass is 686 g/mol. The fourth-order valence-corrected chi connectivity index (χ4v) is 6.75. The molecule has 1 fully saturated rings. The molecule has 6 atom stereocenters. The number of nitrogens with zero attached hydrogens (tertiary/aromatic N) is 5. The van der Waals surface area contributed by atoms with Crippen LogP contribution in [0.5, 0.6) is 5.75 Å². The third-order valence-electron chi connectivity index (χ3n) is 8.86. The summed E-state index contributed by atoms with van der Waals surface area (Å²) in [6, 6.07) is -20.4. The Morgan fingerprint density at radius 1 is 0.588 bits per heavy atom. The summed E-state index contributed by atoms with van der Waals surface area (Å²) < 4.78 is 250. The molecule has 11 rings (SSSR count). The standard InChI is InChI=1S/C45H33N5O/c1-3-13-28(14-4-1)43-46-44(29-23-24-34-33-19-9-12-22-39(33)51-40(34)27-29)48-45(47-43)50-38-21-11-8-18-32(38)36-26-25-35-31-17-7-10-20-37(31)49(41(35)42(36)50)30-15-5-2-6-16-30/h1-22,25-26,29,34,40H,23-24,27H2/i1D,2D,3D,4D,5D,6D,7D,8D,9D,10D,11D,12D,13D,14D,15D,16D,17D,18D,19D,20D,21D,22D,23D,24D,25D,26D,27D. The highest BCUT2D eigenvalue weighted by Gasteiger charge is 2.40. The maximum Gasteiger partial charge on any atom is 0.238 e. The molecule has 3 aromatic heterocycles. The lowest BCUT2D eigenvalue weighted by atomic mass is 9.77. The first-order valence-electron chi connectivity index (χ1n) is 29.2. The van der Waals surface area contributed by atoms with Crippen LogP contribution in [0.15, 0.2) is 145 Å². The molecule has 0 spiro atoms. The van der Waals surface area contributed by atoms with Gasteiger partial charge in [0.2, 0.25) is 5.95 Å². The van der Waals surface area contributed by atoms with E-state index in [9.17, 15) is 15.1 Å². The molecule has 0 bridgehead atoms. The first-order chi connectivity index (χ1) is 36.5. The number of fused-ring (bicyclic) bond motifs is 10. The summed E-state index contributed by atoms with van der Waals surface area (Å²) in [5, 5.41) is -2.16. The molecule has 1 aliphatic heterocycles. The summed E-state index contributed by atoms with van der Waals surface area (Å²) in [7, 11) is 0. The molecule has 0 saturated heterocycles. The van der Waals surface area contributed by atoms with Gasteiger partial charge in [0.25, 0.3) is 0 Å². The molecule has 6 unspecified atom stereocenters. The van der Waals surface area contributed by atoms with E-state index in [2.05, 4.69) is 9.97 Å². The van der Waals surface area contributed by atoms with Crippen molar-refractivity contribution in [1.29, 1.82) is 0 Å². The van der Waals surface area contributed by atoms with Crippen LogP contribution in [-0.4, -0.2) is 30.2 Å². The zero-order valence-electron chi connectivity index (χ0n) is 52.6. The molecular formula is C45H33N5O. The summed E-state index contributed by atoms with van der Waals surface area (Å²) in [6.45, 7) is 0. The van der Waals surface area contributed by atoms with E-state index in [1.165, 1.54) is 0 Å². The van der Waals surface area contributed by atoms with E-state index in [-0.39, 0.29) is 11.3 Å². The van der Waals surface area contributed by atoms with Crippen LogP contribution in [0.3, 0.4) is 0 Å². The van der Waals surface area contributed by atoms with E-state index in [0.29, 0.717) is 0 Å². The second-order valence-electron chi connectivity index (χ2n) is 11.6. The fraction of sp³-hybridized carbons (Fsp3) is 0.133. The maximum absolute atomic E-state index is 9.72. The van der Waals surface area contributed by atoms with Crippen molar-refractivity contribution in [3.05, 3.63) is 156 Å². The van der Waals surface area contributed by atoms with Crippen LogP contribution in [0.1, 0.15) is 79.4 Å². The van der Waals surface area contributed by atoms with Gasteiger partial charge < -0.3 is 9.30 Å². The third kappa shape index (κ3) is 4.32. The summed E-state index contributed by atoms with van der Waals surface area (Å²) in [5.41, 5.74) is -4.04. The van der Waals surface area contributed by atoms with E-state index in [4.69, 9.17) is 31.7 Å². The number of hydrogen-bond acceptors (Lipinski definition) is 4. The lowest BCUT2D eigenvalue weighted by Crippen LogP contribution is -2.28. The first kappa shape index (κ1) is 12.8. The molecule has 6 heteroatoms. The molecule has 1 saturated carbocycles. The van der Waals surface area contributed by atoms with Gasteiger partial charge in [-0.2, -0.15) is 9.97 Å². The van der Waals surface area contributed by atoms with Crippen molar-refractivity contribution in [2.24, 2.45) is 0 Å². The smallest absolute Gasteiger partial charge is 0.238 e. The van der Waals surface area contributed by atoms with Gasteiger partial charge >= 0.3 is 0 Å². The van der Waals surface area contributed by atoms with Crippen molar-refractivity contribution in [2.45, 2.75) is 37.1 Å². The minimum Gasteiger partial charge on any atom is -0.489 e. The van der Waals surface area contributed by atoms with Crippen molar-refractivity contribution in [1.82, 2.24) is 24.1 Å². The number of benzene rings is 6. The second-order valence-corrected chi connectivity index (χ2v) is 11.6. The summed E-state index contributed by atoms with van der Waals surface area (Å²) in [5.74, 6) is -5.74. The average molecular weight is 687 g/mol. The highest BCUT2D eigenvalue weighted by molar-refractivity contribution is 6.23. The SMILES string of the molecule is [2H]c1c([2H])c([2H])c(-c2nc(C3C([2H])C([2H])C4c5c([2H])c([2H])c([2H])c([2H])c5OC4C3[2H])nc(-n3c4c([2H])c([2H])c([2H])c([2H])c4c4c([2H])c([2H])c5c6c([2H])c([2H])c([2H])c([2H])c6n(-c6c([2H])c([2H])c([2H])c([2H])c6[2H])c5c43)n2)c([2H])c1[2H]. The molecule has 1 aliphatic carbocycles. The van der Waals surface area contributed by atoms with E-state index in [1.807, 2.05) is 0 Å². The Labute approximate surface area is 332 Å². The van der Waals surface area contributed by atoms with Gasteiger partial charge in [-0.05, 0) is 49.4 Å². The minimum atomic E-state index is -1.83. The maximum atomic E-state index is 9.72. The van der Waals surface area contributed by atoms with Gasteiger partial charge in [0.05, 0.1) is 55.0 Å². The molecule has 0 radical (unpaired) electrons. The number of aromatic nitrogens is 5. The van der Waals surface area contributed by atoms with Crippen molar-refractivity contribution in [2.75, 3.05) is 0 Å². The Morgan fingerprint density at radius 2 is 1.22 bits per heavy atom. The summed E-state index contributed by atoms with van der Waals surface area (Å²) >= 11 is 0. The zero-order valence-corrected chi connectivity index (χ0v) is 25.6. The normalized spacial score (nSPS) is 30.1. The van der Waals surface area contributed by atoms with Crippen LogP contribution in [0, 0.1) is 0 Å². The largest absolute Gasteiger partial charge is 0.489 e. The Hall–Kier alpha value is -6.27. The highest BCUT2D eigenvalue weighted by Crippen LogP contribution is 2.49. The van der Waals surface area contributed by atoms with Crippen molar-refractivity contribution < 1.29 is 41.7 Å². The minimum absolute atomic E-state index is 0.158. The fourth-order valence-electron chi connectivity index (χ4n) is 6.75. The number of rotatable bonds is 4. The lowest BCUT2D eigenvalue weighted by Gasteiger charge is -2.30. The number of hydrogen-bond donors (Lipinski definition) is 0. The van der Waals surface area contributed by atoms with Crippen LogP contribution in [0.25, 0.3) is 66.6 Å². The molecule has 6 nitrogen and oxygen atoms in total. The van der Waals surface area contributed by atoms with Crippen molar-refractivity contribution >= 4 is 43.6 Å². The predicted octanol–water partition coefficient (Wildman–Crippen LogP) is 10.5. The summed E-state index contributed by atoms with van der Waals surface area (Å²) in [6.07, 6.45) is -6.80. The van der Waals surface area contributed by atoms with Gasteiger partial charge in [-0.15, -0.1) is 0 Å². The zero-order chi connectivity index (χ0) is 57.0. The van der Waals surface area contributed by atoms with E-state index < -0.39 is 255 Å². The highest BCUT2D eigenvalue weighted by atomic mass is 16.5. The average Bonchev–Trinajstić information content (AvgIpc) is 4.33. The van der Waals surface area contributed by atoms with E-state index in [1.54, 1.807) is 0 Å². The van der Waals surface area contributed by atoms with Crippen molar-refractivity contribution in [3.63, 3.8) is 0 Å². The van der Waals surface area contributed by atoms with Gasteiger partial charge in [-0.1, -0.05) is 115 Å². The van der Waals surface area contributed by atoms with Crippen LogP contribution >= 0.6 is 0 Å². The van der Waals surface area contributed by atoms with Crippen LogP contribution in [-0.2, 0) is 0 Å². The van der Waals surface area contributed by atoms with Crippen LogP contribution in [0.4, 0.5) is 0 Å². The first-order valence-corrected chi connectivity index (χ1v) is 15.5. The van der Waals surface area contributed by atoms with Gasteiger partial charge in [0.15, 0.2) is 5.82 Å². The predicted molar refractivity (Wildman–Crippen MR) is 204 cm³/mol. The molecule has 51 heavy (non-hydrogen) atoms. The molecule has 4 heterocycles. The number of para-hydroxylation sites is 4. The molecule has 0 amide bonds. The van der Waals surface area contributed by atoms with Crippen molar-refractivity contribution in [3.8, 4) is 28.8 Å². The van der Waals surface area contributed by atoms with Gasteiger partial charge in [-0.3, -0.25) is 4.57 Å². The quantitative estimate of drug-likeness (QED) is 0.185. The number of ether oxygens (including phenoxy) is 1. The van der Waals surface area contributed by atoms with E-state index in [0.717, 1.165) is 9.13 Å². The van der Waals surface area contributed by atoms with E-state index >= 15 is 0 Å². The van der Waals surface area contributed by atoms with Crippen LogP contribution in [0.2, 0.25) is 0 Å². The molecule has 244 valence electrons. The van der Waals surface area contributed by atoms with Gasteiger partial charge in [-0.25, -0.2) is 4.98 Å². The molecular weight excluding hydrogens is 627 g/mol. The van der Waals surface area contributed by atoms with Crippen LogP contribution < -0.4 is 4.74 Å². The Kier molecular flexibility index (Phi) is 2.79. The molecule has 0 N–H and O–H groups in total. The van der Waals surface area contributed by atoms with Gasteiger partial charge in [0, 0.05) is 54.3 Å². The second kappa shape index (κ2) is 11.1. The molecule has 9 aromatic rings. The summed E-state index contributed by atoms with van der Waals surface area (Å²) in [4.78, 5) is 13.8. The lowest BCUT2D eigenvalue weighted by molar-refractivity contribution is 0.149. The molecule has 2 aliphatic rings. The topological polar surface area (TPSA) is 57.8 Å². The Bertz CT molecular complexity index is 4230. The third-order valence-corrected chi connectivity index (χ3v) is 8.86.